The Hall–Kier alpha value is 3.58. The zero-order valence-corrected chi connectivity index (χ0v) is 11.9. The summed E-state index contributed by atoms with van der Waals surface area (Å²) in [6.07, 6.45) is 0. The Morgan fingerprint density at radius 2 is 1.14 bits per heavy atom. The summed E-state index contributed by atoms with van der Waals surface area (Å²) < 4.78 is 0. The Labute approximate surface area is 131 Å². The molecule has 0 bridgehead atoms. The summed E-state index contributed by atoms with van der Waals surface area (Å²) in [5.41, 5.74) is 0. The van der Waals surface area contributed by atoms with Crippen LogP contribution in [0.1, 0.15) is 2.85 Å². The minimum Gasteiger partial charge on any atom is -1.00 e. The van der Waals surface area contributed by atoms with E-state index >= 15 is 0 Å². The molecule has 0 heterocycles. The molecule has 0 aromatic rings. The molecular weight excluding hydrogens is 169 g/mol. The van der Waals surface area contributed by atoms with Gasteiger partial charge in [0, 0.05) is 0 Å². The normalized spacial score (nSPS) is 8.57. The third kappa shape index (κ3) is 42.9. The van der Waals surface area contributed by atoms with E-state index in [4.69, 9.17) is 14.7 Å². The number of hydrogen-bond acceptors (Lipinski definition) is 3. The average Bonchev–Trinajstić information content (AvgIpc) is 0.722. The van der Waals surface area contributed by atoms with E-state index in [1.807, 2.05) is 0 Å². The van der Waals surface area contributed by atoms with Gasteiger partial charge in [0.2, 0.25) is 0 Å². The van der Waals surface area contributed by atoms with Crippen molar-refractivity contribution in [2.24, 2.45) is 0 Å². The fourth-order valence-electron chi connectivity index (χ4n) is 0. The van der Waals surface area contributed by atoms with Crippen molar-refractivity contribution in [3.63, 3.8) is 0 Å². The van der Waals surface area contributed by atoms with Gasteiger partial charge in [-0.05, 0) is 0 Å². The van der Waals surface area contributed by atoms with Crippen LogP contribution in [0.15, 0.2) is 0 Å². The van der Waals surface area contributed by atoms with Crippen molar-refractivity contribution in [2.75, 3.05) is 6.66 Å². The molecule has 0 aromatic heterocycles. The summed E-state index contributed by atoms with van der Waals surface area (Å²) in [4.78, 5) is 23.2. The summed E-state index contributed by atoms with van der Waals surface area (Å²) >= 11 is 0. The van der Waals surface area contributed by atoms with Crippen molar-refractivity contribution >= 4 is 7.94 Å². The van der Waals surface area contributed by atoms with E-state index in [2.05, 4.69) is 0 Å². The van der Waals surface area contributed by atoms with E-state index in [1.54, 1.807) is 0 Å². The van der Waals surface area contributed by atoms with Gasteiger partial charge in [0.05, 0.1) is 0 Å². The maximum absolute atomic E-state index is 7.74. The second-order valence-corrected chi connectivity index (χ2v) is 2.60. The summed E-state index contributed by atoms with van der Waals surface area (Å²) in [5, 5.41) is 0. The number of rotatable bonds is 0. The molecule has 3 N–H and O–H groups in total. The van der Waals surface area contributed by atoms with Gasteiger partial charge in [0.25, 0.3) is 0 Å². The van der Waals surface area contributed by atoms with Gasteiger partial charge >= 0.3 is 111 Å². The Morgan fingerprint density at radius 3 is 1.14 bits per heavy atom. The van der Waals surface area contributed by atoms with E-state index in [9.17, 15) is 0 Å². The van der Waals surface area contributed by atoms with E-state index < -0.39 is 7.94 Å². The van der Waals surface area contributed by atoms with Crippen molar-refractivity contribution in [3.8, 4) is 0 Å². The van der Waals surface area contributed by atoms with Crippen molar-refractivity contribution < 1.29 is 120 Å². The molecule has 0 saturated heterocycles. The molecule has 0 unspecified atom stereocenters. The molecule has 0 rings (SSSR count). The Morgan fingerprint density at radius 1 is 1.14 bits per heavy atom. The van der Waals surface area contributed by atoms with Crippen LogP contribution in [-0.2, 0) is 0 Å². The first-order valence-corrected chi connectivity index (χ1v) is 3.14. The van der Waals surface area contributed by atoms with E-state index in [0.29, 0.717) is 0 Å². The van der Waals surface area contributed by atoms with E-state index in [1.165, 1.54) is 0 Å². The number of hydrogen-bond donors (Lipinski definition) is 3. The van der Waals surface area contributed by atoms with Gasteiger partial charge in [-0.15, -0.1) is 0 Å². The molecule has 0 aromatic carbocycles. The molecule has 6 heteroatoms. The van der Waals surface area contributed by atoms with Gasteiger partial charge in [-0.25, -0.2) is 0 Å². The largest absolute Gasteiger partial charge is 1.00 e. The standard InChI is InChI=1S/CH6O3P.2K.2H/c1-5(2,3)4;;;;/h2-4H,1H3;;;;/q3*+1;2*-1. The first-order chi connectivity index (χ1) is 2.00. The van der Waals surface area contributed by atoms with Crippen molar-refractivity contribution in [1.82, 2.24) is 0 Å². The fourth-order valence-corrected chi connectivity index (χ4v) is 0. The zero-order valence-electron chi connectivity index (χ0n) is 6.79. The molecule has 36 valence electrons. The monoisotopic (exact) mass is 177 g/mol. The summed E-state index contributed by atoms with van der Waals surface area (Å²) in [5.74, 6) is 0. The van der Waals surface area contributed by atoms with Crippen LogP contribution in [0.3, 0.4) is 0 Å². The maximum Gasteiger partial charge on any atom is 1.00 e. The SMILES string of the molecule is C[P+](O)(O)O.[H-].[H-].[K+].[K+]. The van der Waals surface area contributed by atoms with Crippen LogP contribution in [0.4, 0.5) is 0 Å². The van der Waals surface area contributed by atoms with Crippen molar-refractivity contribution in [1.29, 1.82) is 0 Å². The molecule has 0 aliphatic rings. The van der Waals surface area contributed by atoms with E-state index in [0.717, 1.165) is 6.66 Å². The van der Waals surface area contributed by atoms with Crippen LogP contribution < -0.4 is 103 Å². The topological polar surface area (TPSA) is 60.7 Å². The molecule has 0 amide bonds. The third-order valence-electron chi connectivity index (χ3n) is 0. The van der Waals surface area contributed by atoms with Crippen LogP contribution in [0.5, 0.6) is 0 Å². The summed E-state index contributed by atoms with van der Waals surface area (Å²) in [7, 11) is -3.39. The van der Waals surface area contributed by atoms with E-state index in [-0.39, 0.29) is 106 Å². The van der Waals surface area contributed by atoms with Crippen LogP contribution in [0, 0.1) is 0 Å². The van der Waals surface area contributed by atoms with Gasteiger partial charge in [0.1, 0.15) is 6.66 Å². The Balaban J connectivity index is -0.0000000133. The predicted octanol–water partition coefficient (Wildman–Crippen LogP) is -6.41. The predicted molar refractivity (Wildman–Crippen MR) is 21.7 cm³/mol. The summed E-state index contributed by atoms with van der Waals surface area (Å²) in [6, 6.07) is 0. The second-order valence-electron chi connectivity index (χ2n) is 0.868. The van der Waals surface area contributed by atoms with Crippen molar-refractivity contribution in [3.05, 3.63) is 0 Å². The molecule has 0 spiro atoms. The molecule has 0 aliphatic carbocycles. The minimum atomic E-state index is -3.39. The molecule has 0 radical (unpaired) electrons. The second kappa shape index (κ2) is 7.69. The third-order valence-corrected chi connectivity index (χ3v) is 0. The van der Waals surface area contributed by atoms with Crippen LogP contribution in [0.25, 0.3) is 0 Å². The van der Waals surface area contributed by atoms with Crippen LogP contribution in [0.2, 0.25) is 0 Å². The Kier molecular flexibility index (Phi) is 18.6. The quantitative estimate of drug-likeness (QED) is 0.255. The Bertz CT molecular complexity index is 35.3. The maximum atomic E-state index is 7.74. The summed E-state index contributed by atoms with van der Waals surface area (Å²) in [6.45, 7) is 0.965. The molecule has 0 saturated carbocycles. The molecule has 0 aliphatic heterocycles. The molecular formula is CH8K2O3P+. The molecule has 3 nitrogen and oxygen atoms in total. The first kappa shape index (κ1) is 16.9. The van der Waals surface area contributed by atoms with Crippen molar-refractivity contribution in [2.45, 2.75) is 0 Å². The van der Waals surface area contributed by atoms with Gasteiger partial charge in [0.15, 0.2) is 0 Å². The zero-order chi connectivity index (χ0) is 4.50. The molecule has 0 atom stereocenters. The molecule has 0 fully saturated rings. The van der Waals surface area contributed by atoms with Gasteiger partial charge < -0.3 is 2.85 Å². The van der Waals surface area contributed by atoms with Gasteiger partial charge in [-0.3, -0.25) is 0 Å². The fraction of sp³-hybridized carbons (Fsp3) is 1.00. The van der Waals surface area contributed by atoms with Gasteiger partial charge in [-0.2, -0.15) is 14.7 Å². The van der Waals surface area contributed by atoms with Crippen LogP contribution >= 0.6 is 7.94 Å². The van der Waals surface area contributed by atoms with Crippen LogP contribution in [-0.4, -0.2) is 21.3 Å². The smallest absolute Gasteiger partial charge is 1.00 e. The molecule has 7 heavy (non-hydrogen) atoms. The first-order valence-electron chi connectivity index (χ1n) is 1.05. The average molecular weight is 177 g/mol. The minimum absolute atomic E-state index is 0. The van der Waals surface area contributed by atoms with Gasteiger partial charge in [-0.1, -0.05) is 0 Å².